The topological polar surface area (TPSA) is 158 Å². The van der Waals surface area contributed by atoms with Gasteiger partial charge in [-0.05, 0) is 49.1 Å². The molecule has 0 radical (unpaired) electrons. The van der Waals surface area contributed by atoms with Gasteiger partial charge in [0.05, 0.1) is 25.7 Å². The van der Waals surface area contributed by atoms with Gasteiger partial charge in [-0.15, -0.1) is 0 Å². The van der Waals surface area contributed by atoms with Crippen LogP contribution in [0.4, 0.5) is 0 Å². The molecule has 0 amide bonds. The van der Waals surface area contributed by atoms with Crippen LogP contribution in [0.3, 0.4) is 0 Å². The van der Waals surface area contributed by atoms with E-state index in [1.54, 1.807) is 25.1 Å². The summed E-state index contributed by atoms with van der Waals surface area (Å²) in [7, 11) is 1.44. The summed E-state index contributed by atoms with van der Waals surface area (Å²) in [4.78, 5) is 0. The van der Waals surface area contributed by atoms with Gasteiger partial charge in [-0.3, -0.25) is 0 Å². The van der Waals surface area contributed by atoms with Gasteiger partial charge in [-0.2, -0.15) is 0 Å². The van der Waals surface area contributed by atoms with Crippen molar-refractivity contribution < 1.29 is 49.6 Å². The second-order valence-corrected chi connectivity index (χ2v) is 8.90. The number of methoxy groups -OCH3 is 1. The lowest BCUT2D eigenvalue weighted by Crippen LogP contribution is -2.58. The van der Waals surface area contributed by atoms with Crippen molar-refractivity contribution >= 4 is 0 Å². The van der Waals surface area contributed by atoms with Gasteiger partial charge in [0.15, 0.2) is 23.0 Å². The zero-order valence-corrected chi connectivity index (χ0v) is 19.6. The second kappa shape index (κ2) is 10.6. The van der Waals surface area contributed by atoms with Crippen LogP contribution < -0.4 is 14.2 Å². The highest BCUT2D eigenvalue weighted by molar-refractivity contribution is 5.56. The molecule has 1 fully saturated rings. The van der Waals surface area contributed by atoms with E-state index in [0.717, 1.165) is 5.56 Å². The highest BCUT2D eigenvalue weighted by Gasteiger charge is 2.44. The number of fused-ring (bicyclic) bond motifs is 1. The van der Waals surface area contributed by atoms with Crippen LogP contribution >= 0.6 is 0 Å². The van der Waals surface area contributed by atoms with E-state index >= 15 is 0 Å². The fraction of sp³-hybridized carbons (Fsp3) is 0.520. The second-order valence-electron chi connectivity index (χ2n) is 8.90. The third-order valence-corrected chi connectivity index (χ3v) is 6.56. The van der Waals surface area contributed by atoms with Crippen LogP contribution in [0, 0.1) is 0 Å². The van der Waals surface area contributed by atoms with E-state index in [0.29, 0.717) is 29.7 Å². The Kier molecular flexibility index (Phi) is 7.70. The van der Waals surface area contributed by atoms with E-state index in [2.05, 4.69) is 0 Å². The average molecular weight is 493 g/mol. The Morgan fingerprint density at radius 2 is 1.74 bits per heavy atom. The normalized spacial score (nSPS) is 30.0. The van der Waals surface area contributed by atoms with Crippen molar-refractivity contribution in [2.24, 2.45) is 0 Å². The number of hydrogen-bond donors (Lipinski definition) is 6. The molecule has 2 aromatic carbocycles. The van der Waals surface area contributed by atoms with Gasteiger partial charge in [0.2, 0.25) is 6.29 Å². The molecule has 7 atom stereocenters. The number of phenols is 1. The summed E-state index contributed by atoms with van der Waals surface area (Å²) in [6, 6.07) is 8.39. The summed E-state index contributed by atoms with van der Waals surface area (Å²) in [5.74, 6) is 0.346. The predicted molar refractivity (Wildman–Crippen MR) is 123 cm³/mol. The molecule has 1 saturated heterocycles. The first-order chi connectivity index (χ1) is 16.8. The first-order valence-corrected chi connectivity index (χ1v) is 11.6. The monoisotopic (exact) mass is 492 g/mol. The highest BCUT2D eigenvalue weighted by atomic mass is 16.7. The Morgan fingerprint density at radius 1 is 0.971 bits per heavy atom. The molecule has 0 aliphatic carbocycles. The molecule has 35 heavy (non-hydrogen) atoms. The van der Waals surface area contributed by atoms with Gasteiger partial charge in [0.1, 0.15) is 24.4 Å². The molecule has 0 saturated carbocycles. The van der Waals surface area contributed by atoms with Crippen molar-refractivity contribution in [2.75, 3.05) is 20.3 Å². The Morgan fingerprint density at radius 3 is 2.43 bits per heavy atom. The smallest absolute Gasteiger partial charge is 0.229 e. The summed E-state index contributed by atoms with van der Waals surface area (Å²) in [6.07, 6.45) is -5.88. The van der Waals surface area contributed by atoms with Gasteiger partial charge in [0, 0.05) is 12.2 Å². The largest absolute Gasteiger partial charge is 0.504 e. The number of aryl methyl sites for hydroxylation is 1. The average Bonchev–Trinajstić information content (AvgIpc) is 3.23. The Labute approximate surface area is 202 Å². The minimum Gasteiger partial charge on any atom is -0.504 e. The van der Waals surface area contributed by atoms with E-state index in [-0.39, 0.29) is 30.5 Å². The number of rotatable bonds is 8. The lowest BCUT2D eigenvalue weighted by atomic mass is 9.90. The number of aromatic hydroxyl groups is 1. The van der Waals surface area contributed by atoms with Crippen molar-refractivity contribution in [3.05, 3.63) is 47.0 Å². The minimum atomic E-state index is -1.51. The molecule has 2 aliphatic heterocycles. The number of phenolic OH excluding ortho intramolecular Hbond substituents is 1. The van der Waals surface area contributed by atoms with Gasteiger partial charge in [-0.1, -0.05) is 12.1 Å². The number of hydrogen-bond acceptors (Lipinski definition) is 10. The molecule has 0 spiro atoms. The maximum atomic E-state index is 10.4. The molecule has 192 valence electrons. The summed E-state index contributed by atoms with van der Waals surface area (Å²) < 4.78 is 23.1. The first-order valence-electron chi connectivity index (χ1n) is 11.6. The van der Waals surface area contributed by atoms with Crippen LogP contribution in [0.25, 0.3) is 0 Å². The van der Waals surface area contributed by atoms with Crippen molar-refractivity contribution in [1.82, 2.24) is 0 Å². The molecular weight excluding hydrogens is 460 g/mol. The van der Waals surface area contributed by atoms with Crippen LogP contribution in [0.1, 0.15) is 42.1 Å². The van der Waals surface area contributed by atoms with Crippen molar-refractivity contribution in [3.8, 4) is 23.0 Å². The van der Waals surface area contributed by atoms with Crippen LogP contribution in [0.15, 0.2) is 30.3 Å². The number of ether oxygens (including phenoxy) is 4. The van der Waals surface area contributed by atoms with E-state index in [4.69, 9.17) is 18.9 Å². The van der Waals surface area contributed by atoms with Crippen molar-refractivity contribution in [2.45, 2.75) is 62.5 Å². The van der Waals surface area contributed by atoms with Crippen LogP contribution in [0.2, 0.25) is 0 Å². The van der Waals surface area contributed by atoms with Gasteiger partial charge in [-0.25, -0.2) is 0 Å². The molecule has 6 N–H and O–H groups in total. The molecule has 2 heterocycles. The van der Waals surface area contributed by atoms with Crippen LogP contribution in [0.5, 0.6) is 23.0 Å². The fourth-order valence-corrected chi connectivity index (χ4v) is 4.57. The highest BCUT2D eigenvalue weighted by Crippen LogP contribution is 2.52. The predicted octanol–water partition coefficient (Wildman–Crippen LogP) is 0.742. The lowest BCUT2D eigenvalue weighted by Gasteiger charge is -2.39. The van der Waals surface area contributed by atoms with Crippen LogP contribution in [-0.2, 0) is 11.2 Å². The van der Waals surface area contributed by atoms with Crippen molar-refractivity contribution in [3.63, 3.8) is 0 Å². The molecule has 0 aromatic heterocycles. The standard InChI is InChI=1S/C25H32O10/c1-12-20(29)21(30)22(31)25(33-12)34-19-9-13(4-3-7-26)8-15-16(11-27)23(35-24(15)19)14-5-6-17(28)18(10-14)32-2/h5-6,8-10,12,16,20-23,25-31H,3-4,7,11H2,1-2H3. The van der Waals surface area contributed by atoms with Crippen LogP contribution in [-0.4, -0.2) is 81.7 Å². The maximum absolute atomic E-state index is 10.4. The third kappa shape index (κ3) is 4.90. The fourth-order valence-electron chi connectivity index (χ4n) is 4.57. The Bertz CT molecular complexity index is 1030. The molecule has 2 aromatic rings. The molecule has 7 unspecified atom stereocenters. The van der Waals surface area contributed by atoms with E-state index in [1.165, 1.54) is 13.2 Å². The summed E-state index contributed by atoms with van der Waals surface area (Å²) in [5, 5.41) is 60.2. The molecule has 10 heteroatoms. The maximum Gasteiger partial charge on any atom is 0.229 e. The van der Waals surface area contributed by atoms with Gasteiger partial charge in [0.25, 0.3) is 0 Å². The van der Waals surface area contributed by atoms with Crippen molar-refractivity contribution in [1.29, 1.82) is 0 Å². The summed E-state index contributed by atoms with van der Waals surface area (Å²) in [5.41, 5.74) is 2.16. The zero-order valence-electron chi connectivity index (χ0n) is 19.6. The summed E-state index contributed by atoms with van der Waals surface area (Å²) in [6.45, 7) is 1.31. The molecule has 10 nitrogen and oxygen atoms in total. The van der Waals surface area contributed by atoms with E-state index < -0.39 is 42.7 Å². The van der Waals surface area contributed by atoms with Gasteiger partial charge >= 0.3 is 0 Å². The number of aliphatic hydroxyl groups is 5. The first kappa shape index (κ1) is 25.5. The van der Waals surface area contributed by atoms with Gasteiger partial charge < -0.3 is 49.6 Å². The minimum absolute atomic E-state index is 0.00478. The third-order valence-electron chi connectivity index (χ3n) is 6.56. The number of benzene rings is 2. The van der Waals surface area contributed by atoms with E-state index in [9.17, 15) is 30.6 Å². The molecule has 4 rings (SSSR count). The Balaban J connectivity index is 1.71. The molecule has 2 aliphatic rings. The zero-order chi connectivity index (χ0) is 25.3. The molecule has 0 bridgehead atoms. The molecular formula is C25H32O10. The SMILES string of the molecule is COc1cc(C2Oc3c(OC4OC(C)C(O)C(O)C4O)cc(CCCO)cc3C2CO)ccc1O. The number of aliphatic hydroxyl groups excluding tert-OH is 5. The quantitative estimate of drug-likeness (QED) is 0.310. The lowest BCUT2D eigenvalue weighted by molar-refractivity contribution is -0.268. The van der Waals surface area contributed by atoms with E-state index in [1.807, 2.05) is 6.07 Å². The summed E-state index contributed by atoms with van der Waals surface area (Å²) >= 11 is 0. The Hall–Kier alpha value is -2.60.